The van der Waals surface area contributed by atoms with Gasteiger partial charge < -0.3 is 19.6 Å². The summed E-state index contributed by atoms with van der Waals surface area (Å²) in [5, 5.41) is 0. The zero-order chi connectivity index (χ0) is 13.9. The molecule has 20 heavy (non-hydrogen) atoms. The van der Waals surface area contributed by atoms with E-state index >= 15 is 0 Å². The van der Waals surface area contributed by atoms with Crippen molar-refractivity contribution >= 4 is 5.78 Å². The summed E-state index contributed by atoms with van der Waals surface area (Å²) in [4.78, 5) is 12.3. The molecule has 1 aromatic carbocycles. The van der Waals surface area contributed by atoms with Gasteiger partial charge >= 0.3 is 0 Å². The van der Waals surface area contributed by atoms with Crippen molar-refractivity contribution in [3.63, 3.8) is 0 Å². The largest absolute Gasteiger partial charge is 0.490 e. The number of ether oxygens (including phenoxy) is 2. The Balaban J connectivity index is 1.90. The molecule has 1 aliphatic heterocycles. The molecule has 0 radical (unpaired) electrons. The molecule has 0 unspecified atom stereocenters. The van der Waals surface area contributed by atoms with Crippen LogP contribution in [0.25, 0.3) is 0 Å². The van der Waals surface area contributed by atoms with Crippen molar-refractivity contribution in [1.29, 1.82) is 0 Å². The maximum atomic E-state index is 12.3. The van der Waals surface area contributed by atoms with E-state index in [9.17, 15) is 4.79 Å². The first-order chi connectivity index (χ1) is 9.78. The van der Waals surface area contributed by atoms with E-state index in [4.69, 9.17) is 19.6 Å². The van der Waals surface area contributed by atoms with Crippen LogP contribution >= 0.6 is 0 Å². The van der Waals surface area contributed by atoms with Crippen LogP contribution < -0.4 is 15.2 Å². The molecule has 0 spiro atoms. The number of furan rings is 1. The summed E-state index contributed by atoms with van der Waals surface area (Å²) in [5.74, 6) is 1.93. The minimum Gasteiger partial charge on any atom is -0.490 e. The standard InChI is InChI=1S/C15H15NO4/c16-9-11-3-5-13(20-11)15(17)10-2-4-12-14(8-10)19-7-1-6-18-12/h2-5,8H,1,6-7,9,16H2. The van der Waals surface area contributed by atoms with Gasteiger partial charge in [0.2, 0.25) is 5.78 Å². The lowest BCUT2D eigenvalue weighted by atomic mass is 10.1. The second-order valence-corrected chi connectivity index (χ2v) is 4.51. The number of rotatable bonds is 3. The zero-order valence-corrected chi connectivity index (χ0v) is 10.9. The maximum absolute atomic E-state index is 12.3. The molecule has 0 saturated heterocycles. The Kier molecular flexibility index (Phi) is 3.43. The van der Waals surface area contributed by atoms with Gasteiger partial charge in [-0.05, 0) is 30.3 Å². The number of fused-ring (bicyclic) bond motifs is 1. The molecule has 5 nitrogen and oxygen atoms in total. The van der Waals surface area contributed by atoms with E-state index in [0.717, 1.165) is 6.42 Å². The van der Waals surface area contributed by atoms with Gasteiger partial charge in [0.15, 0.2) is 17.3 Å². The van der Waals surface area contributed by atoms with Crippen molar-refractivity contribution in [2.45, 2.75) is 13.0 Å². The number of carbonyl (C=O) groups is 1. The van der Waals surface area contributed by atoms with Crippen molar-refractivity contribution in [3.8, 4) is 11.5 Å². The van der Waals surface area contributed by atoms with Crippen LogP contribution in [0, 0.1) is 0 Å². The second kappa shape index (κ2) is 5.38. The summed E-state index contributed by atoms with van der Waals surface area (Å²) in [5.41, 5.74) is 5.98. The first-order valence-corrected chi connectivity index (χ1v) is 6.51. The molecule has 0 saturated carbocycles. The van der Waals surface area contributed by atoms with Crippen molar-refractivity contribution in [2.75, 3.05) is 13.2 Å². The lowest BCUT2D eigenvalue weighted by molar-refractivity contribution is 0.101. The molecule has 0 aliphatic carbocycles. The Labute approximate surface area is 116 Å². The summed E-state index contributed by atoms with van der Waals surface area (Å²) < 4.78 is 16.5. The number of hydrogen-bond acceptors (Lipinski definition) is 5. The van der Waals surface area contributed by atoms with Crippen LogP contribution in [-0.2, 0) is 6.54 Å². The number of carbonyl (C=O) groups excluding carboxylic acids is 1. The van der Waals surface area contributed by atoms with Gasteiger partial charge in [0, 0.05) is 12.0 Å². The van der Waals surface area contributed by atoms with Crippen LogP contribution in [0.15, 0.2) is 34.7 Å². The average molecular weight is 273 g/mol. The quantitative estimate of drug-likeness (QED) is 0.867. The fourth-order valence-corrected chi connectivity index (χ4v) is 2.06. The van der Waals surface area contributed by atoms with Gasteiger partial charge in [-0.2, -0.15) is 0 Å². The minimum atomic E-state index is -0.194. The van der Waals surface area contributed by atoms with Gasteiger partial charge in [-0.25, -0.2) is 0 Å². The molecule has 1 aliphatic rings. The molecule has 2 N–H and O–H groups in total. The average Bonchev–Trinajstić information content (AvgIpc) is 2.84. The molecular weight excluding hydrogens is 258 g/mol. The molecule has 0 fully saturated rings. The topological polar surface area (TPSA) is 74.7 Å². The Bertz CT molecular complexity index is 633. The van der Waals surface area contributed by atoms with Crippen molar-refractivity contribution in [2.24, 2.45) is 5.73 Å². The molecule has 1 aromatic heterocycles. The Morgan fingerprint density at radius 1 is 1.10 bits per heavy atom. The van der Waals surface area contributed by atoms with E-state index in [1.807, 2.05) is 0 Å². The predicted molar refractivity (Wildman–Crippen MR) is 72.1 cm³/mol. The number of ketones is 1. The molecule has 3 rings (SSSR count). The molecule has 2 aromatic rings. The number of hydrogen-bond donors (Lipinski definition) is 1. The summed E-state index contributed by atoms with van der Waals surface area (Å²) in [7, 11) is 0. The number of nitrogens with two attached hydrogens (primary N) is 1. The Morgan fingerprint density at radius 2 is 1.90 bits per heavy atom. The van der Waals surface area contributed by atoms with Gasteiger partial charge in [-0.15, -0.1) is 0 Å². The van der Waals surface area contributed by atoms with E-state index in [-0.39, 0.29) is 18.1 Å². The monoisotopic (exact) mass is 273 g/mol. The molecular formula is C15H15NO4. The highest BCUT2D eigenvalue weighted by Crippen LogP contribution is 2.31. The first kappa shape index (κ1) is 12.7. The van der Waals surface area contributed by atoms with E-state index in [0.29, 0.717) is 36.0 Å². The Morgan fingerprint density at radius 3 is 2.65 bits per heavy atom. The van der Waals surface area contributed by atoms with E-state index < -0.39 is 0 Å². The van der Waals surface area contributed by atoms with Crippen LogP contribution in [0.3, 0.4) is 0 Å². The van der Waals surface area contributed by atoms with Crippen LogP contribution in [0.1, 0.15) is 28.3 Å². The molecule has 5 heteroatoms. The fourth-order valence-electron chi connectivity index (χ4n) is 2.06. The lowest BCUT2D eigenvalue weighted by Gasteiger charge is -2.08. The van der Waals surface area contributed by atoms with Crippen molar-refractivity contribution < 1.29 is 18.7 Å². The van der Waals surface area contributed by atoms with Crippen molar-refractivity contribution in [3.05, 3.63) is 47.4 Å². The van der Waals surface area contributed by atoms with Gasteiger partial charge in [0.1, 0.15) is 5.76 Å². The smallest absolute Gasteiger partial charge is 0.228 e. The fraction of sp³-hybridized carbons (Fsp3) is 0.267. The van der Waals surface area contributed by atoms with Crippen LogP contribution in [0.2, 0.25) is 0 Å². The zero-order valence-electron chi connectivity index (χ0n) is 10.9. The van der Waals surface area contributed by atoms with Crippen LogP contribution in [-0.4, -0.2) is 19.0 Å². The van der Waals surface area contributed by atoms with Gasteiger partial charge in [-0.3, -0.25) is 4.79 Å². The minimum absolute atomic E-state index is 0.194. The molecule has 104 valence electrons. The molecule has 2 heterocycles. The van der Waals surface area contributed by atoms with Crippen molar-refractivity contribution in [1.82, 2.24) is 0 Å². The first-order valence-electron chi connectivity index (χ1n) is 6.51. The van der Waals surface area contributed by atoms with Crippen LogP contribution in [0.5, 0.6) is 11.5 Å². The van der Waals surface area contributed by atoms with Gasteiger partial charge in [-0.1, -0.05) is 0 Å². The molecule has 0 bridgehead atoms. The number of benzene rings is 1. The third-order valence-corrected chi connectivity index (χ3v) is 3.10. The van der Waals surface area contributed by atoms with Crippen LogP contribution in [0.4, 0.5) is 0 Å². The summed E-state index contributed by atoms with van der Waals surface area (Å²) in [6.07, 6.45) is 0.829. The molecule has 0 amide bonds. The second-order valence-electron chi connectivity index (χ2n) is 4.51. The summed E-state index contributed by atoms with van der Waals surface area (Å²) in [6.45, 7) is 1.48. The van der Waals surface area contributed by atoms with Gasteiger partial charge in [0.05, 0.1) is 19.8 Å². The van der Waals surface area contributed by atoms with E-state index in [2.05, 4.69) is 0 Å². The molecule has 0 atom stereocenters. The SMILES string of the molecule is NCc1ccc(C(=O)c2ccc3c(c2)OCCCO3)o1. The normalized spacial score (nSPS) is 13.8. The summed E-state index contributed by atoms with van der Waals surface area (Å²) >= 11 is 0. The van der Waals surface area contributed by atoms with Gasteiger partial charge in [0.25, 0.3) is 0 Å². The third kappa shape index (κ3) is 2.40. The van der Waals surface area contributed by atoms with E-state index in [1.54, 1.807) is 30.3 Å². The maximum Gasteiger partial charge on any atom is 0.228 e. The lowest BCUT2D eigenvalue weighted by Crippen LogP contribution is -2.01. The third-order valence-electron chi connectivity index (χ3n) is 3.10. The highest BCUT2D eigenvalue weighted by atomic mass is 16.5. The Hall–Kier alpha value is -2.27. The summed E-state index contributed by atoms with van der Waals surface area (Å²) in [6, 6.07) is 8.48. The highest BCUT2D eigenvalue weighted by molar-refractivity contribution is 6.07. The predicted octanol–water partition coefficient (Wildman–Crippen LogP) is 2.13. The highest BCUT2D eigenvalue weighted by Gasteiger charge is 2.17. The van der Waals surface area contributed by atoms with E-state index in [1.165, 1.54) is 0 Å².